The Labute approximate surface area is 123 Å². The van der Waals surface area contributed by atoms with Gasteiger partial charge in [-0.1, -0.05) is 18.2 Å². The molecule has 0 saturated carbocycles. The lowest BCUT2D eigenvalue weighted by molar-refractivity contribution is -0.385. The number of anilines is 1. The molecule has 0 heterocycles. The molecule has 0 unspecified atom stereocenters. The van der Waals surface area contributed by atoms with Gasteiger partial charge >= 0.3 is 0 Å². The smallest absolute Gasteiger partial charge is 0.282 e. The predicted octanol–water partition coefficient (Wildman–Crippen LogP) is 3.92. The molecule has 0 bridgehead atoms. The molecule has 0 fully saturated rings. The number of carbonyl (C=O) groups is 1. The Morgan fingerprint density at radius 2 is 1.95 bits per heavy atom. The summed E-state index contributed by atoms with van der Waals surface area (Å²) in [5, 5.41) is 13.6. The first kappa shape index (κ1) is 14.2. The van der Waals surface area contributed by atoms with Gasteiger partial charge in [0.1, 0.15) is 5.56 Å². The topological polar surface area (TPSA) is 72.2 Å². The van der Waals surface area contributed by atoms with E-state index < -0.39 is 10.8 Å². The zero-order valence-electron chi connectivity index (χ0n) is 10.6. The van der Waals surface area contributed by atoms with Crippen LogP contribution in [0.1, 0.15) is 15.9 Å². The van der Waals surface area contributed by atoms with Crippen LogP contribution in [0.5, 0.6) is 0 Å². The van der Waals surface area contributed by atoms with Gasteiger partial charge in [-0.05, 0) is 46.6 Å². The average molecular weight is 335 g/mol. The first-order valence-corrected chi connectivity index (χ1v) is 6.59. The van der Waals surface area contributed by atoms with Crippen LogP contribution in [0, 0.1) is 17.0 Å². The molecule has 1 amide bonds. The van der Waals surface area contributed by atoms with Crippen molar-refractivity contribution in [2.45, 2.75) is 6.92 Å². The lowest BCUT2D eigenvalue weighted by atomic mass is 10.1. The van der Waals surface area contributed by atoms with Crippen LogP contribution in [0.25, 0.3) is 0 Å². The maximum absolute atomic E-state index is 12.1. The van der Waals surface area contributed by atoms with Crippen molar-refractivity contribution in [1.29, 1.82) is 0 Å². The van der Waals surface area contributed by atoms with Crippen molar-refractivity contribution >= 4 is 33.2 Å². The van der Waals surface area contributed by atoms with Crippen molar-refractivity contribution in [2.75, 3.05) is 5.32 Å². The predicted molar refractivity (Wildman–Crippen MR) is 79.9 cm³/mol. The summed E-state index contributed by atoms with van der Waals surface area (Å²) in [5.41, 5.74) is 1.43. The highest BCUT2D eigenvalue weighted by molar-refractivity contribution is 9.10. The van der Waals surface area contributed by atoms with Gasteiger partial charge in [-0.2, -0.15) is 0 Å². The number of carbonyl (C=O) groups excluding carboxylic acids is 1. The van der Waals surface area contributed by atoms with Gasteiger partial charge in [0.15, 0.2) is 0 Å². The van der Waals surface area contributed by atoms with Crippen LogP contribution in [-0.4, -0.2) is 10.8 Å². The summed E-state index contributed by atoms with van der Waals surface area (Å²) < 4.78 is 0.726. The minimum absolute atomic E-state index is 0.0324. The summed E-state index contributed by atoms with van der Waals surface area (Å²) in [6.07, 6.45) is 0. The highest BCUT2D eigenvalue weighted by Gasteiger charge is 2.19. The van der Waals surface area contributed by atoms with Gasteiger partial charge in [0.2, 0.25) is 0 Å². The van der Waals surface area contributed by atoms with E-state index in [-0.39, 0.29) is 11.3 Å². The van der Waals surface area contributed by atoms with Gasteiger partial charge in [0.25, 0.3) is 11.6 Å². The number of para-hydroxylation sites is 1. The number of nitrogens with one attached hydrogen (secondary N) is 1. The molecule has 6 heteroatoms. The summed E-state index contributed by atoms with van der Waals surface area (Å²) in [5.74, 6) is -0.512. The van der Waals surface area contributed by atoms with Crippen LogP contribution in [0.2, 0.25) is 0 Å². The number of benzene rings is 2. The second-order valence-corrected chi connectivity index (χ2v) is 5.07. The molecule has 0 radical (unpaired) electrons. The third-order valence-corrected chi connectivity index (χ3v) is 3.37. The fraction of sp³-hybridized carbons (Fsp3) is 0.0714. The van der Waals surface area contributed by atoms with E-state index in [4.69, 9.17) is 0 Å². The molecule has 0 saturated heterocycles. The van der Waals surface area contributed by atoms with Crippen molar-refractivity contribution in [3.05, 3.63) is 68.2 Å². The molecule has 2 aromatic carbocycles. The first-order valence-electron chi connectivity index (χ1n) is 5.80. The second-order valence-electron chi connectivity index (χ2n) is 4.21. The van der Waals surface area contributed by atoms with Crippen LogP contribution in [0.4, 0.5) is 11.4 Å². The number of nitro groups is 1. The molecule has 0 aliphatic carbocycles. The van der Waals surface area contributed by atoms with Crippen LogP contribution in [0.15, 0.2) is 46.9 Å². The maximum atomic E-state index is 12.1. The van der Waals surface area contributed by atoms with Crippen molar-refractivity contribution in [3.8, 4) is 0 Å². The summed E-state index contributed by atoms with van der Waals surface area (Å²) in [6.45, 7) is 1.93. The van der Waals surface area contributed by atoms with Crippen LogP contribution >= 0.6 is 15.9 Å². The summed E-state index contributed by atoms with van der Waals surface area (Å²) >= 11 is 3.35. The Balaban J connectivity index is 2.31. The molecule has 0 aromatic heterocycles. The molecular weight excluding hydrogens is 324 g/mol. The van der Waals surface area contributed by atoms with E-state index in [0.29, 0.717) is 5.69 Å². The van der Waals surface area contributed by atoms with Crippen LogP contribution in [0.3, 0.4) is 0 Å². The Kier molecular flexibility index (Phi) is 4.14. The summed E-state index contributed by atoms with van der Waals surface area (Å²) in [4.78, 5) is 22.5. The molecule has 0 atom stereocenters. The van der Waals surface area contributed by atoms with E-state index >= 15 is 0 Å². The fourth-order valence-corrected chi connectivity index (χ4v) is 2.33. The van der Waals surface area contributed by atoms with Crippen LogP contribution < -0.4 is 5.32 Å². The molecule has 2 aromatic rings. The first-order chi connectivity index (χ1) is 9.49. The number of halogens is 1. The fourth-order valence-electron chi connectivity index (χ4n) is 1.74. The quantitative estimate of drug-likeness (QED) is 0.683. The zero-order chi connectivity index (χ0) is 14.7. The Hall–Kier alpha value is -2.21. The number of nitrogens with zero attached hydrogens (tertiary/aromatic N) is 1. The zero-order valence-corrected chi connectivity index (χ0v) is 12.2. The Morgan fingerprint density at radius 1 is 1.25 bits per heavy atom. The second kappa shape index (κ2) is 5.83. The molecule has 1 N–H and O–H groups in total. The Morgan fingerprint density at radius 3 is 2.60 bits per heavy atom. The van der Waals surface area contributed by atoms with Crippen molar-refractivity contribution < 1.29 is 9.72 Å². The number of hydrogen-bond donors (Lipinski definition) is 1. The molecule has 0 aliphatic rings. The van der Waals surface area contributed by atoms with Crippen molar-refractivity contribution in [2.24, 2.45) is 0 Å². The SMILES string of the molecule is Cc1ccc(NC(=O)c2ccccc2[N+](=O)[O-])c(Br)c1. The lowest BCUT2D eigenvalue weighted by Gasteiger charge is -2.08. The molecule has 2 rings (SSSR count). The Bertz CT molecular complexity index is 686. The standard InChI is InChI=1S/C14H11BrN2O3/c1-9-6-7-12(11(15)8-9)16-14(18)10-4-2-3-5-13(10)17(19)20/h2-8H,1H3,(H,16,18). The minimum atomic E-state index is -0.570. The van der Waals surface area contributed by atoms with Crippen molar-refractivity contribution in [1.82, 2.24) is 0 Å². The van der Waals surface area contributed by atoms with Gasteiger partial charge in [-0.25, -0.2) is 0 Å². The normalized spacial score (nSPS) is 10.1. The molecule has 102 valence electrons. The number of amides is 1. The number of nitro benzene ring substituents is 1. The van der Waals surface area contributed by atoms with Gasteiger partial charge in [-0.15, -0.1) is 0 Å². The average Bonchev–Trinajstić information content (AvgIpc) is 2.41. The molecular formula is C14H11BrN2O3. The summed E-state index contributed by atoms with van der Waals surface area (Å²) in [7, 11) is 0. The molecule has 5 nitrogen and oxygen atoms in total. The van der Waals surface area contributed by atoms with Crippen LogP contribution in [-0.2, 0) is 0 Å². The van der Waals surface area contributed by atoms with E-state index in [2.05, 4.69) is 21.2 Å². The highest BCUT2D eigenvalue weighted by Crippen LogP contribution is 2.25. The van der Waals surface area contributed by atoms with E-state index in [1.807, 2.05) is 19.1 Å². The third-order valence-electron chi connectivity index (χ3n) is 2.72. The van der Waals surface area contributed by atoms with Gasteiger partial charge in [-0.3, -0.25) is 14.9 Å². The van der Waals surface area contributed by atoms with Gasteiger partial charge in [0.05, 0.1) is 10.6 Å². The van der Waals surface area contributed by atoms with Crippen molar-refractivity contribution in [3.63, 3.8) is 0 Å². The molecule has 0 spiro atoms. The summed E-state index contributed by atoms with van der Waals surface area (Å²) in [6, 6.07) is 11.3. The number of aryl methyl sites for hydroxylation is 1. The lowest BCUT2D eigenvalue weighted by Crippen LogP contribution is -2.14. The molecule has 20 heavy (non-hydrogen) atoms. The van der Waals surface area contributed by atoms with E-state index in [1.54, 1.807) is 12.1 Å². The highest BCUT2D eigenvalue weighted by atomic mass is 79.9. The van der Waals surface area contributed by atoms with Gasteiger partial charge < -0.3 is 5.32 Å². The van der Waals surface area contributed by atoms with E-state index in [0.717, 1.165) is 10.0 Å². The van der Waals surface area contributed by atoms with E-state index in [9.17, 15) is 14.9 Å². The van der Waals surface area contributed by atoms with E-state index in [1.165, 1.54) is 18.2 Å². The van der Waals surface area contributed by atoms with Gasteiger partial charge in [0, 0.05) is 10.5 Å². The third kappa shape index (κ3) is 3.03. The largest absolute Gasteiger partial charge is 0.321 e. The minimum Gasteiger partial charge on any atom is -0.321 e. The number of rotatable bonds is 3. The number of hydrogen-bond acceptors (Lipinski definition) is 3. The monoisotopic (exact) mass is 334 g/mol. The molecule has 0 aliphatic heterocycles. The maximum Gasteiger partial charge on any atom is 0.282 e.